The van der Waals surface area contributed by atoms with Crippen molar-refractivity contribution in [2.24, 2.45) is 0 Å². The first-order valence-corrected chi connectivity index (χ1v) is 10.6. The third kappa shape index (κ3) is 4.40. The molecule has 1 unspecified atom stereocenters. The van der Waals surface area contributed by atoms with Crippen molar-refractivity contribution in [2.75, 3.05) is 19.1 Å². The Morgan fingerprint density at radius 3 is 2.30 bits per heavy atom. The molecule has 0 spiro atoms. The number of hydrogen-bond donors (Lipinski definition) is 0. The molecular formula is C25H27N3O5. The van der Waals surface area contributed by atoms with Crippen molar-refractivity contribution in [3.05, 3.63) is 53.6 Å². The fraction of sp³-hybridized carbons (Fsp3) is 0.360. The molecule has 2 aromatic carbocycles. The lowest BCUT2D eigenvalue weighted by atomic mass is 9.94. The van der Waals surface area contributed by atoms with Gasteiger partial charge in [-0.3, -0.25) is 14.4 Å². The highest BCUT2D eigenvalue weighted by Crippen LogP contribution is 2.34. The number of imide groups is 1. The Bertz CT molecular complexity index is 1120. The Kier molecular flexibility index (Phi) is 6.73. The summed E-state index contributed by atoms with van der Waals surface area (Å²) >= 11 is 0. The van der Waals surface area contributed by atoms with E-state index < -0.39 is 23.4 Å². The first-order chi connectivity index (χ1) is 15.7. The Hall–Kier alpha value is -3.86. The molecule has 0 N–H and O–H groups in total. The number of benzene rings is 2. The summed E-state index contributed by atoms with van der Waals surface area (Å²) in [6.07, 6.45) is 0.447. The van der Waals surface area contributed by atoms with E-state index in [1.54, 1.807) is 42.5 Å². The predicted molar refractivity (Wildman–Crippen MR) is 122 cm³/mol. The third-order valence-corrected chi connectivity index (χ3v) is 6.06. The lowest BCUT2D eigenvalue weighted by Crippen LogP contribution is -2.55. The average molecular weight is 450 g/mol. The molecule has 2 aromatic rings. The number of carbonyl (C=O) groups is 3. The van der Waals surface area contributed by atoms with Gasteiger partial charge >= 0.3 is 0 Å². The van der Waals surface area contributed by atoms with E-state index in [2.05, 4.69) is 0 Å². The zero-order valence-electron chi connectivity index (χ0n) is 19.4. The zero-order valence-corrected chi connectivity index (χ0v) is 19.4. The quantitative estimate of drug-likeness (QED) is 0.600. The molecular weight excluding hydrogens is 422 g/mol. The van der Waals surface area contributed by atoms with Crippen molar-refractivity contribution in [2.45, 2.75) is 45.2 Å². The number of anilines is 1. The summed E-state index contributed by atoms with van der Waals surface area (Å²) in [5, 5.41) is 9.01. The lowest BCUT2D eigenvalue weighted by Gasteiger charge is -2.41. The number of ether oxygens (including phenoxy) is 2. The molecule has 1 atom stereocenters. The zero-order chi connectivity index (χ0) is 24.3. The molecule has 1 aliphatic heterocycles. The summed E-state index contributed by atoms with van der Waals surface area (Å²) in [5.74, 6) is -0.373. The Balaban J connectivity index is 2.01. The second-order valence-corrected chi connectivity index (χ2v) is 8.36. The number of nitriles is 1. The minimum Gasteiger partial charge on any atom is -0.493 e. The van der Waals surface area contributed by atoms with Gasteiger partial charge in [-0.1, -0.05) is 6.92 Å². The number of nitrogens with zero attached hydrogens (tertiary/aromatic N) is 3. The van der Waals surface area contributed by atoms with Crippen LogP contribution in [0.15, 0.2) is 42.5 Å². The summed E-state index contributed by atoms with van der Waals surface area (Å²) in [7, 11) is 2.99. The molecule has 8 heteroatoms. The Morgan fingerprint density at radius 2 is 1.76 bits per heavy atom. The maximum atomic E-state index is 13.7. The number of rotatable bonds is 7. The van der Waals surface area contributed by atoms with Gasteiger partial charge in [0.2, 0.25) is 5.91 Å². The lowest BCUT2D eigenvalue weighted by molar-refractivity contribution is -0.123. The molecule has 33 heavy (non-hydrogen) atoms. The van der Waals surface area contributed by atoms with Gasteiger partial charge in [0.1, 0.15) is 6.04 Å². The maximum Gasteiger partial charge on any atom is 0.257 e. The van der Waals surface area contributed by atoms with Crippen LogP contribution in [0.25, 0.3) is 0 Å². The smallest absolute Gasteiger partial charge is 0.257 e. The Morgan fingerprint density at radius 1 is 1.12 bits per heavy atom. The van der Waals surface area contributed by atoms with Crippen LogP contribution in [0.5, 0.6) is 11.5 Å². The summed E-state index contributed by atoms with van der Waals surface area (Å²) in [6.45, 7) is 5.66. The van der Waals surface area contributed by atoms with Crippen LogP contribution in [0.4, 0.5) is 5.69 Å². The van der Waals surface area contributed by atoms with Crippen LogP contribution in [0.1, 0.15) is 49.5 Å². The fourth-order valence-electron chi connectivity index (χ4n) is 3.89. The van der Waals surface area contributed by atoms with Crippen molar-refractivity contribution in [1.82, 2.24) is 4.90 Å². The average Bonchev–Trinajstić information content (AvgIpc) is 3.11. The molecule has 8 nitrogen and oxygen atoms in total. The van der Waals surface area contributed by atoms with Crippen LogP contribution in [0.3, 0.4) is 0 Å². The van der Waals surface area contributed by atoms with Gasteiger partial charge in [0, 0.05) is 11.1 Å². The third-order valence-electron chi connectivity index (χ3n) is 6.06. The molecule has 0 aliphatic carbocycles. The van der Waals surface area contributed by atoms with E-state index in [9.17, 15) is 14.4 Å². The number of hydrogen-bond acceptors (Lipinski definition) is 6. The number of carbonyl (C=O) groups excluding carboxylic acids is 3. The van der Waals surface area contributed by atoms with Crippen LogP contribution in [0.2, 0.25) is 0 Å². The molecule has 1 saturated heterocycles. The van der Waals surface area contributed by atoms with Crippen molar-refractivity contribution in [1.29, 1.82) is 5.26 Å². The molecule has 1 heterocycles. The molecule has 0 aromatic heterocycles. The summed E-state index contributed by atoms with van der Waals surface area (Å²) < 4.78 is 10.6. The van der Waals surface area contributed by atoms with Gasteiger partial charge in [-0.2, -0.15) is 5.26 Å². The molecule has 1 fully saturated rings. The second kappa shape index (κ2) is 9.33. The highest BCUT2D eigenvalue weighted by Gasteiger charge is 2.48. The summed E-state index contributed by atoms with van der Waals surface area (Å²) in [4.78, 5) is 42.6. The maximum absolute atomic E-state index is 13.7. The van der Waals surface area contributed by atoms with Crippen LogP contribution < -0.4 is 14.4 Å². The van der Waals surface area contributed by atoms with Crippen molar-refractivity contribution >= 4 is 23.4 Å². The van der Waals surface area contributed by atoms with Crippen molar-refractivity contribution < 1.29 is 23.9 Å². The van der Waals surface area contributed by atoms with E-state index in [0.29, 0.717) is 34.7 Å². The Labute approximate surface area is 193 Å². The van der Waals surface area contributed by atoms with Crippen molar-refractivity contribution in [3.63, 3.8) is 0 Å². The molecule has 172 valence electrons. The van der Waals surface area contributed by atoms with Gasteiger partial charge in [-0.25, -0.2) is 4.90 Å². The highest BCUT2D eigenvalue weighted by atomic mass is 16.5. The van der Waals surface area contributed by atoms with Crippen LogP contribution >= 0.6 is 0 Å². The predicted octanol–water partition coefficient (Wildman–Crippen LogP) is 3.54. The van der Waals surface area contributed by atoms with Crippen LogP contribution in [-0.4, -0.2) is 48.4 Å². The van der Waals surface area contributed by atoms with Gasteiger partial charge < -0.3 is 14.4 Å². The summed E-state index contributed by atoms with van der Waals surface area (Å²) in [6, 6.07) is 12.1. The van der Waals surface area contributed by atoms with Gasteiger partial charge in [-0.05, 0) is 62.7 Å². The van der Waals surface area contributed by atoms with Gasteiger partial charge in [0.15, 0.2) is 11.5 Å². The largest absolute Gasteiger partial charge is 0.493 e. The number of amides is 3. The molecule has 3 rings (SSSR count). The minimum absolute atomic E-state index is 0.124. The van der Waals surface area contributed by atoms with E-state index in [1.165, 1.54) is 19.1 Å². The highest BCUT2D eigenvalue weighted by molar-refractivity contribution is 6.23. The van der Waals surface area contributed by atoms with Gasteiger partial charge in [0.05, 0.1) is 38.0 Å². The van der Waals surface area contributed by atoms with Crippen LogP contribution in [-0.2, 0) is 9.59 Å². The SMILES string of the molecule is CCC(C)(C)N(C(=O)c1ccc(OC)c(OC)c1)C1CC(=O)N(c2ccc(C#N)cc2)C1=O. The minimum atomic E-state index is -0.955. The molecule has 1 aliphatic rings. The van der Waals surface area contributed by atoms with Gasteiger partial charge in [0.25, 0.3) is 11.8 Å². The van der Waals surface area contributed by atoms with Crippen molar-refractivity contribution in [3.8, 4) is 17.6 Å². The van der Waals surface area contributed by atoms with E-state index >= 15 is 0 Å². The normalized spacial score (nSPS) is 15.9. The first kappa shape index (κ1) is 23.8. The summed E-state index contributed by atoms with van der Waals surface area (Å²) in [5.41, 5.74) is 0.420. The van der Waals surface area contributed by atoms with E-state index in [4.69, 9.17) is 14.7 Å². The van der Waals surface area contributed by atoms with E-state index in [-0.39, 0.29) is 12.3 Å². The fourth-order valence-corrected chi connectivity index (χ4v) is 3.89. The van der Waals surface area contributed by atoms with E-state index in [0.717, 1.165) is 4.90 Å². The standard InChI is InChI=1S/C25H27N3O5/c1-6-25(2,3)28(23(30)17-9-12-20(32-4)21(13-17)33-5)19-14-22(29)27(24(19)31)18-10-7-16(15-26)8-11-18/h7-13,19H,6,14H2,1-5H3. The monoisotopic (exact) mass is 449 g/mol. The van der Waals surface area contributed by atoms with Crippen LogP contribution in [0, 0.1) is 11.3 Å². The first-order valence-electron chi connectivity index (χ1n) is 10.6. The molecule has 0 radical (unpaired) electrons. The molecule has 3 amide bonds. The van der Waals surface area contributed by atoms with E-state index in [1.807, 2.05) is 26.8 Å². The van der Waals surface area contributed by atoms with Gasteiger partial charge in [-0.15, -0.1) is 0 Å². The topological polar surface area (TPSA) is 99.9 Å². The second-order valence-electron chi connectivity index (χ2n) is 8.36. The molecule has 0 saturated carbocycles. The number of methoxy groups -OCH3 is 2. The molecule has 0 bridgehead atoms.